The van der Waals surface area contributed by atoms with Gasteiger partial charge < -0.3 is 16.2 Å². The van der Waals surface area contributed by atoms with Crippen LogP contribution in [-0.4, -0.2) is 17.2 Å². The molecule has 5 heteroatoms. The lowest BCUT2D eigenvalue weighted by molar-refractivity contribution is 0.111. The molecule has 1 heterocycles. The second-order valence-corrected chi connectivity index (χ2v) is 3.68. The number of hydrogen-bond acceptors (Lipinski definition) is 4. The molecule has 0 aliphatic heterocycles. The number of ether oxygens (including phenoxy) is 1. The van der Waals surface area contributed by atoms with Crippen molar-refractivity contribution in [2.75, 3.05) is 12.3 Å². The number of nitrogens with two attached hydrogens (primary N) is 2. The van der Waals surface area contributed by atoms with Crippen LogP contribution < -0.4 is 17.0 Å². The molecule has 0 unspecified atom stereocenters. The molecule has 15 heavy (non-hydrogen) atoms. The molecule has 1 atom stereocenters. The summed E-state index contributed by atoms with van der Waals surface area (Å²) in [7, 11) is 1.63. The van der Waals surface area contributed by atoms with E-state index in [0.717, 1.165) is 5.56 Å². The molecule has 0 spiro atoms. The van der Waals surface area contributed by atoms with Crippen LogP contribution in [0.2, 0.25) is 0 Å². The van der Waals surface area contributed by atoms with Crippen molar-refractivity contribution in [2.45, 2.75) is 19.6 Å². The average Bonchev–Trinajstić information content (AvgIpc) is 2.13. The van der Waals surface area contributed by atoms with Crippen LogP contribution in [0.1, 0.15) is 12.5 Å². The van der Waals surface area contributed by atoms with Crippen LogP contribution in [0.5, 0.6) is 0 Å². The van der Waals surface area contributed by atoms with Gasteiger partial charge in [-0.1, -0.05) is 0 Å². The SMILES string of the molecule is C[C@@H](N)COCc1cc(N)n(C)c(=O)c1. The van der Waals surface area contributed by atoms with Gasteiger partial charge in [0.1, 0.15) is 5.82 Å². The summed E-state index contributed by atoms with van der Waals surface area (Å²) in [6.45, 7) is 2.69. The third-order valence-electron chi connectivity index (χ3n) is 2.01. The van der Waals surface area contributed by atoms with E-state index in [1.807, 2.05) is 6.92 Å². The van der Waals surface area contributed by atoms with E-state index in [0.29, 0.717) is 19.0 Å². The summed E-state index contributed by atoms with van der Waals surface area (Å²) in [5.41, 5.74) is 11.8. The Morgan fingerprint density at radius 3 is 2.73 bits per heavy atom. The van der Waals surface area contributed by atoms with Gasteiger partial charge >= 0.3 is 0 Å². The Bertz CT molecular complexity index is 385. The molecule has 1 aromatic heterocycles. The molecule has 0 aliphatic carbocycles. The summed E-state index contributed by atoms with van der Waals surface area (Å²) in [5.74, 6) is 0.432. The first kappa shape index (κ1) is 11.7. The second kappa shape index (κ2) is 4.95. The highest BCUT2D eigenvalue weighted by Gasteiger charge is 2.01. The summed E-state index contributed by atoms with van der Waals surface area (Å²) in [6.07, 6.45) is 0. The zero-order chi connectivity index (χ0) is 11.4. The largest absolute Gasteiger partial charge is 0.385 e. The lowest BCUT2D eigenvalue weighted by atomic mass is 10.2. The van der Waals surface area contributed by atoms with Crippen molar-refractivity contribution in [1.82, 2.24) is 4.57 Å². The van der Waals surface area contributed by atoms with Crippen molar-refractivity contribution in [3.8, 4) is 0 Å². The molecule has 0 saturated heterocycles. The molecular formula is C10H17N3O2. The van der Waals surface area contributed by atoms with E-state index in [2.05, 4.69) is 0 Å². The van der Waals surface area contributed by atoms with Gasteiger partial charge in [-0.15, -0.1) is 0 Å². The molecule has 1 rings (SSSR count). The van der Waals surface area contributed by atoms with Gasteiger partial charge in [0.25, 0.3) is 5.56 Å². The molecule has 1 aromatic rings. The molecule has 0 amide bonds. The van der Waals surface area contributed by atoms with Crippen LogP contribution in [0.4, 0.5) is 5.82 Å². The lowest BCUT2D eigenvalue weighted by Crippen LogP contribution is -2.23. The number of aromatic nitrogens is 1. The number of anilines is 1. The summed E-state index contributed by atoms with van der Waals surface area (Å²) in [6, 6.07) is 3.23. The van der Waals surface area contributed by atoms with Gasteiger partial charge in [-0.25, -0.2) is 0 Å². The third kappa shape index (κ3) is 3.38. The van der Waals surface area contributed by atoms with E-state index in [1.165, 1.54) is 10.6 Å². The van der Waals surface area contributed by atoms with Crippen molar-refractivity contribution < 1.29 is 4.74 Å². The zero-order valence-corrected chi connectivity index (χ0v) is 9.06. The second-order valence-electron chi connectivity index (χ2n) is 3.68. The highest BCUT2D eigenvalue weighted by Crippen LogP contribution is 2.04. The monoisotopic (exact) mass is 211 g/mol. The van der Waals surface area contributed by atoms with Crippen molar-refractivity contribution in [2.24, 2.45) is 12.8 Å². The van der Waals surface area contributed by atoms with Crippen LogP contribution in [0.25, 0.3) is 0 Å². The van der Waals surface area contributed by atoms with Crippen LogP contribution in [0.3, 0.4) is 0 Å². The number of pyridine rings is 1. The van der Waals surface area contributed by atoms with E-state index < -0.39 is 0 Å². The normalized spacial score (nSPS) is 12.7. The molecule has 4 N–H and O–H groups in total. The van der Waals surface area contributed by atoms with Gasteiger partial charge in [-0.3, -0.25) is 9.36 Å². The third-order valence-corrected chi connectivity index (χ3v) is 2.01. The average molecular weight is 211 g/mol. The number of hydrogen-bond donors (Lipinski definition) is 2. The lowest BCUT2D eigenvalue weighted by Gasteiger charge is -2.08. The van der Waals surface area contributed by atoms with Gasteiger partial charge in [0.2, 0.25) is 0 Å². The highest BCUT2D eigenvalue weighted by molar-refractivity contribution is 5.33. The number of rotatable bonds is 4. The fourth-order valence-electron chi connectivity index (χ4n) is 1.16. The molecule has 0 aliphatic rings. The van der Waals surface area contributed by atoms with Gasteiger partial charge in [0.15, 0.2) is 0 Å². The van der Waals surface area contributed by atoms with Crippen molar-refractivity contribution in [3.63, 3.8) is 0 Å². The summed E-state index contributed by atoms with van der Waals surface area (Å²) < 4.78 is 6.69. The molecular weight excluding hydrogens is 194 g/mol. The van der Waals surface area contributed by atoms with Crippen molar-refractivity contribution in [1.29, 1.82) is 0 Å². The molecule has 5 nitrogen and oxygen atoms in total. The van der Waals surface area contributed by atoms with E-state index in [9.17, 15) is 4.79 Å². The standard InChI is InChI=1S/C10H17N3O2/c1-7(11)5-15-6-8-3-9(12)13(2)10(14)4-8/h3-4,7H,5-6,11-12H2,1-2H3/t7-/m1/s1. The molecule has 84 valence electrons. The minimum atomic E-state index is -0.130. The first-order chi connectivity index (χ1) is 7.00. The van der Waals surface area contributed by atoms with E-state index in [-0.39, 0.29) is 11.6 Å². The van der Waals surface area contributed by atoms with Gasteiger partial charge in [-0.05, 0) is 18.6 Å². The quantitative estimate of drug-likeness (QED) is 0.724. The minimum Gasteiger partial charge on any atom is -0.385 e. The fourth-order valence-corrected chi connectivity index (χ4v) is 1.16. The Hall–Kier alpha value is -1.33. The van der Waals surface area contributed by atoms with Crippen LogP contribution in [0, 0.1) is 0 Å². The zero-order valence-electron chi connectivity index (χ0n) is 9.06. The molecule has 0 fully saturated rings. The Balaban J connectivity index is 2.67. The summed E-state index contributed by atoms with van der Waals surface area (Å²) in [5, 5.41) is 0. The van der Waals surface area contributed by atoms with Gasteiger partial charge in [0, 0.05) is 19.2 Å². The van der Waals surface area contributed by atoms with E-state index >= 15 is 0 Å². The summed E-state index contributed by atoms with van der Waals surface area (Å²) in [4.78, 5) is 11.4. The van der Waals surface area contributed by atoms with Crippen LogP contribution >= 0.6 is 0 Å². The van der Waals surface area contributed by atoms with E-state index in [1.54, 1.807) is 13.1 Å². The predicted octanol–water partition coefficient (Wildman–Crippen LogP) is -0.169. The molecule has 0 aromatic carbocycles. The molecule has 0 radical (unpaired) electrons. The molecule has 0 bridgehead atoms. The van der Waals surface area contributed by atoms with Crippen molar-refractivity contribution in [3.05, 3.63) is 28.0 Å². The maximum absolute atomic E-state index is 11.4. The highest BCUT2D eigenvalue weighted by atomic mass is 16.5. The van der Waals surface area contributed by atoms with Crippen LogP contribution in [-0.2, 0) is 18.4 Å². The number of nitrogens with zero attached hydrogens (tertiary/aromatic N) is 1. The van der Waals surface area contributed by atoms with Gasteiger partial charge in [-0.2, -0.15) is 0 Å². The van der Waals surface area contributed by atoms with Crippen LogP contribution in [0.15, 0.2) is 16.9 Å². The summed E-state index contributed by atoms with van der Waals surface area (Å²) >= 11 is 0. The Kier molecular flexibility index (Phi) is 3.88. The first-order valence-corrected chi connectivity index (χ1v) is 4.79. The fraction of sp³-hybridized carbons (Fsp3) is 0.500. The Labute approximate surface area is 88.6 Å². The topological polar surface area (TPSA) is 83.3 Å². The Morgan fingerprint density at radius 1 is 1.53 bits per heavy atom. The van der Waals surface area contributed by atoms with Gasteiger partial charge in [0.05, 0.1) is 13.2 Å². The number of nitrogen functional groups attached to an aromatic ring is 1. The minimum absolute atomic E-state index is 0.00566. The van der Waals surface area contributed by atoms with Crippen molar-refractivity contribution >= 4 is 5.82 Å². The Morgan fingerprint density at radius 2 is 2.20 bits per heavy atom. The maximum Gasteiger partial charge on any atom is 0.252 e. The molecule has 0 saturated carbocycles. The first-order valence-electron chi connectivity index (χ1n) is 4.79. The smallest absolute Gasteiger partial charge is 0.252 e. The predicted molar refractivity (Wildman–Crippen MR) is 59.4 cm³/mol. The van der Waals surface area contributed by atoms with E-state index in [4.69, 9.17) is 16.2 Å². The maximum atomic E-state index is 11.4.